The largest absolute Gasteiger partial charge is 0.478 e. The Labute approximate surface area is 140 Å². The normalized spacial score (nSPS) is 10.9. The second-order valence-electron chi connectivity index (χ2n) is 4.93. The molecular weight excluding hydrogens is 366 g/mol. The predicted octanol–water partition coefficient (Wildman–Crippen LogP) is 5.32. The minimum atomic E-state index is -0.960. The standard InChI is InChI=1S/C17H11BrClNO2/c1-9-15(17(21)22)13-8-11(18)4-7-14(13)20-16(9)10-2-5-12(19)6-3-10/h2-8H,1H3,(H,21,22). The topological polar surface area (TPSA) is 50.2 Å². The van der Waals surface area contributed by atoms with E-state index in [2.05, 4.69) is 20.9 Å². The Morgan fingerprint density at radius 1 is 1.18 bits per heavy atom. The third-order valence-corrected chi connectivity index (χ3v) is 4.27. The van der Waals surface area contributed by atoms with Gasteiger partial charge in [0.15, 0.2) is 0 Å². The van der Waals surface area contributed by atoms with Gasteiger partial charge >= 0.3 is 5.97 Å². The average molecular weight is 377 g/mol. The summed E-state index contributed by atoms with van der Waals surface area (Å²) in [6.07, 6.45) is 0. The van der Waals surface area contributed by atoms with Crippen LogP contribution in [0.1, 0.15) is 15.9 Å². The SMILES string of the molecule is Cc1c(-c2ccc(Cl)cc2)nc2ccc(Br)cc2c1C(=O)O. The number of nitrogens with zero attached hydrogens (tertiary/aromatic N) is 1. The highest BCUT2D eigenvalue weighted by Gasteiger charge is 2.18. The van der Waals surface area contributed by atoms with Crippen LogP contribution in [-0.2, 0) is 0 Å². The van der Waals surface area contributed by atoms with E-state index in [4.69, 9.17) is 11.6 Å². The van der Waals surface area contributed by atoms with Gasteiger partial charge in [-0.1, -0.05) is 39.7 Å². The Hall–Kier alpha value is -1.91. The van der Waals surface area contributed by atoms with Crippen LogP contribution in [0.2, 0.25) is 5.02 Å². The summed E-state index contributed by atoms with van der Waals surface area (Å²) in [6, 6.07) is 12.7. The van der Waals surface area contributed by atoms with Gasteiger partial charge in [-0.15, -0.1) is 0 Å². The molecule has 0 aliphatic carbocycles. The first kappa shape index (κ1) is 15.0. The Balaban J connectivity index is 2.37. The van der Waals surface area contributed by atoms with E-state index in [1.807, 2.05) is 24.3 Å². The maximum atomic E-state index is 11.7. The highest BCUT2D eigenvalue weighted by molar-refractivity contribution is 9.10. The van der Waals surface area contributed by atoms with Crippen LogP contribution in [0, 0.1) is 6.92 Å². The zero-order valence-corrected chi connectivity index (χ0v) is 13.9. The van der Waals surface area contributed by atoms with Crippen molar-refractivity contribution in [2.75, 3.05) is 0 Å². The summed E-state index contributed by atoms with van der Waals surface area (Å²) in [7, 11) is 0. The first-order valence-corrected chi connectivity index (χ1v) is 7.73. The minimum absolute atomic E-state index is 0.274. The van der Waals surface area contributed by atoms with Crippen molar-refractivity contribution < 1.29 is 9.90 Å². The maximum Gasteiger partial charge on any atom is 0.336 e. The second kappa shape index (κ2) is 5.71. The van der Waals surface area contributed by atoms with Crippen molar-refractivity contribution in [2.24, 2.45) is 0 Å². The predicted molar refractivity (Wildman–Crippen MR) is 91.6 cm³/mol. The van der Waals surface area contributed by atoms with Crippen molar-refractivity contribution >= 4 is 44.4 Å². The van der Waals surface area contributed by atoms with Crippen molar-refractivity contribution in [3.8, 4) is 11.3 Å². The number of carbonyl (C=O) groups is 1. The van der Waals surface area contributed by atoms with Crippen LogP contribution in [0.4, 0.5) is 0 Å². The van der Waals surface area contributed by atoms with Crippen LogP contribution in [-0.4, -0.2) is 16.1 Å². The van der Waals surface area contributed by atoms with Gasteiger partial charge in [0.1, 0.15) is 0 Å². The van der Waals surface area contributed by atoms with E-state index in [9.17, 15) is 9.90 Å². The summed E-state index contributed by atoms with van der Waals surface area (Å²) in [5, 5.41) is 10.9. The number of aromatic carboxylic acids is 1. The van der Waals surface area contributed by atoms with E-state index >= 15 is 0 Å². The molecule has 0 aliphatic rings. The van der Waals surface area contributed by atoms with Gasteiger partial charge in [0.05, 0.1) is 16.8 Å². The summed E-state index contributed by atoms with van der Waals surface area (Å²) in [4.78, 5) is 16.4. The van der Waals surface area contributed by atoms with Crippen molar-refractivity contribution in [3.05, 3.63) is 63.1 Å². The van der Waals surface area contributed by atoms with Crippen LogP contribution in [0.3, 0.4) is 0 Å². The Morgan fingerprint density at radius 2 is 1.86 bits per heavy atom. The number of hydrogen-bond acceptors (Lipinski definition) is 2. The van der Waals surface area contributed by atoms with E-state index < -0.39 is 5.97 Å². The van der Waals surface area contributed by atoms with Gasteiger partial charge < -0.3 is 5.11 Å². The lowest BCUT2D eigenvalue weighted by molar-refractivity contribution is 0.0698. The molecule has 3 rings (SSSR count). The molecule has 0 amide bonds. The molecule has 0 aliphatic heterocycles. The molecule has 0 saturated carbocycles. The van der Waals surface area contributed by atoms with Gasteiger partial charge in [0, 0.05) is 20.4 Å². The summed E-state index contributed by atoms with van der Waals surface area (Å²) < 4.78 is 0.822. The van der Waals surface area contributed by atoms with Gasteiger partial charge in [-0.25, -0.2) is 9.78 Å². The quantitative estimate of drug-likeness (QED) is 0.658. The molecule has 1 N–H and O–H groups in total. The molecule has 0 atom stereocenters. The van der Waals surface area contributed by atoms with Gasteiger partial charge in [-0.05, 0) is 42.8 Å². The molecule has 0 radical (unpaired) electrons. The first-order chi connectivity index (χ1) is 10.5. The molecule has 3 aromatic rings. The summed E-state index contributed by atoms with van der Waals surface area (Å²) in [5.41, 5.74) is 3.06. The zero-order valence-electron chi connectivity index (χ0n) is 11.6. The number of halogens is 2. The number of aromatic nitrogens is 1. The van der Waals surface area contributed by atoms with Crippen LogP contribution in [0.25, 0.3) is 22.2 Å². The van der Waals surface area contributed by atoms with Crippen LogP contribution in [0.15, 0.2) is 46.9 Å². The van der Waals surface area contributed by atoms with E-state index in [0.717, 1.165) is 10.0 Å². The summed E-state index contributed by atoms with van der Waals surface area (Å²) >= 11 is 9.29. The minimum Gasteiger partial charge on any atom is -0.478 e. The van der Waals surface area contributed by atoms with Crippen LogP contribution < -0.4 is 0 Å². The first-order valence-electron chi connectivity index (χ1n) is 6.56. The maximum absolute atomic E-state index is 11.7. The molecule has 0 fully saturated rings. The number of carboxylic acid groups (broad SMARTS) is 1. The smallest absolute Gasteiger partial charge is 0.336 e. The molecule has 3 nitrogen and oxygen atoms in total. The molecule has 1 aromatic heterocycles. The Kier molecular flexibility index (Phi) is 3.89. The number of benzene rings is 2. The molecule has 0 bridgehead atoms. The van der Waals surface area contributed by atoms with Crippen molar-refractivity contribution in [2.45, 2.75) is 6.92 Å². The Bertz CT molecular complexity index is 891. The van der Waals surface area contributed by atoms with E-state index in [1.165, 1.54) is 0 Å². The molecule has 2 aromatic carbocycles. The fraction of sp³-hybridized carbons (Fsp3) is 0.0588. The molecule has 5 heteroatoms. The molecule has 22 heavy (non-hydrogen) atoms. The van der Waals surface area contributed by atoms with E-state index in [0.29, 0.717) is 27.2 Å². The summed E-state index contributed by atoms with van der Waals surface area (Å²) in [6.45, 7) is 1.78. The van der Waals surface area contributed by atoms with E-state index in [-0.39, 0.29) is 5.56 Å². The molecule has 0 saturated heterocycles. The van der Waals surface area contributed by atoms with E-state index in [1.54, 1.807) is 25.1 Å². The van der Waals surface area contributed by atoms with Crippen LogP contribution in [0.5, 0.6) is 0 Å². The highest BCUT2D eigenvalue weighted by atomic mass is 79.9. The third kappa shape index (κ3) is 2.60. The van der Waals surface area contributed by atoms with Crippen molar-refractivity contribution in [1.29, 1.82) is 0 Å². The number of carboxylic acids is 1. The molecule has 0 unspecified atom stereocenters. The molecule has 0 spiro atoms. The average Bonchev–Trinajstić information content (AvgIpc) is 2.47. The lowest BCUT2D eigenvalue weighted by Crippen LogP contribution is -2.05. The number of fused-ring (bicyclic) bond motifs is 1. The fourth-order valence-electron chi connectivity index (χ4n) is 2.50. The molecular formula is C17H11BrClNO2. The lowest BCUT2D eigenvalue weighted by atomic mass is 9.98. The van der Waals surface area contributed by atoms with Gasteiger partial charge in [0.25, 0.3) is 0 Å². The highest BCUT2D eigenvalue weighted by Crippen LogP contribution is 2.31. The third-order valence-electron chi connectivity index (χ3n) is 3.52. The monoisotopic (exact) mass is 375 g/mol. The molecule has 1 heterocycles. The number of pyridine rings is 1. The van der Waals surface area contributed by atoms with Crippen molar-refractivity contribution in [3.63, 3.8) is 0 Å². The number of hydrogen-bond donors (Lipinski definition) is 1. The lowest BCUT2D eigenvalue weighted by Gasteiger charge is -2.12. The summed E-state index contributed by atoms with van der Waals surface area (Å²) in [5.74, 6) is -0.960. The van der Waals surface area contributed by atoms with Crippen LogP contribution >= 0.6 is 27.5 Å². The van der Waals surface area contributed by atoms with Gasteiger partial charge in [-0.2, -0.15) is 0 Å². The second-order valence-corrected chi connectivity index (χ2v) is 6.29. The molecule has 110 valence electrons. The zero-order chi connectivity index (χ0) is 15.9. The Morgan fingerprint density at radius 3 is 2.50 bits per heavy atom. The van der Waals surface area contributed by atoms with Gasteiger partial charge in [0.2, 0.25) is 0 Å². The fourth-order valence-corrected chi connectivity index (χ4v) is 2.98. The van der Waals surface area contributed by atoms with Crippen molar-refractivity contribution in [1.82, 2.24) is 4.98 Å². The van der Waals surface area contributed by atoms with Gasteiger partial charge in [-0.3, -0.25) is 0 Å². The number of rotatable bonds is 2.